The second-order valence-electron chi connectivity index (χ2n) is 5.86. The average Bonchev–Trinajstić information content (AvgIpc) is 3.10. The molecule has 0 aromatic carbocycles. The van der Waals surface area contributed by atoms with E-state index in [1.165, 1.54) is 0 Å². The van der Waals surface area contributed by atoms with Gasteiger partial charge in [-0.25, -0.2) is 14.5 Å². The van der Waals surface area contributed by atoms with Crippen molar-refractivity contribution in [3.05, 3.63) is 36.8 Å². The van der Waals surface area contributed by atoms with E-state index in [9.17, 15) is 9.59 Å². The highest BCUT2D eigenvalue weighted by molar-refractivity contribution is 5.91. The molecule has 2 aromatic rings. The first-order valence-corrected chi connectivity index (χ1v) is 7.93. The second kappa shape index (κ2) is 7.12. The summed E-state index contributed by atoms with van der Waals surface area (Å²) >= 11 is 0. The zero-order chi connectivity index (χ0) is 16.9. The number of anilines is 1. The lowest BCUT2D eigenvalue weighted by molar-refractivity contribution is -0.119. The molecule has 0 aliphatic carbocycles. The molecule has 1 fully saturated rings. The number of primary amides is 1. The normalized spacial score (nSPS) is 15.2. The maximum Gasteiger partial charge on any atom is 0.321 e. The van der Waals surface area contributed by atoms with Gasteiger partial charge in [0.25, 0.3) is 0 Å². The Bertz CT molecular complexity index is 707. The minimum atomic E-state index is -0.280. The number of piperidine rings is 1. The highest BCUT2D eigenvalue weighted by Gasteiger charge is 2.24. The second-order valence-corrected chi connectivity index (χ2v) is 5.86. The van der Waals surface area contributed by atoms with Crippen LogP contribution < -0.4 is 11.1 Å². The molecule has 8 heteroatoms. The van der Waals surface area contributed by atoms with Crippen molar-refractivity contribution < 1.29 is 9.59 Å². The summed E-state index contributed by atoms with van der Waals surface area (Å²) in [6, 6.07) is 5.18. The molecule has 126 valence electrons. The molecule has 3 rings (SSSR count). The quantitative estimate of drug-likeness (QED) is 0.884. The zero-order valence-corrected chi connectivity index (χ0v) is 13.3. The molecule has 0 atom stereocenters. The van der Waals surface area contributed by atoms with E-state index in [0.717, 1.165) is 12.8 Å². The molecule has 1 aliphatic rings. The lowest BCUT2D eigenvalue weighted by Crippen LogP contribution is -2.41. The summed E-state index contributed by atoms with van der Waals surface area (Å²) in [5.74, 6) is 0.557. The van der Waals surface area contributed by atoms with Gasteiger partial charge in [-0.1, -0.05) is 0 Å². The number of likely N-dealkylation sites (tertiary alicyclic amines) is 1. The highest BCUT2D eigenvalue weighted by atomic mass is 16.2. The molecule has 0 radical (unpaired) electrons. The monoisotopic (exact) mass is 328 g/mol. The Morgan fingerprint density at radius 3 is 2.71 bits per heavy atom. The highest BCUT2D eigenvalue weighted by Crippen LogP contribution is 2.22. The number of rotatable bonds is 4. The maximum absolute atomic E-state index is 12.5. The number of carbonyl (C=O) groups excluding carboxylic acids is 2. The standard InChI is InChI=1S/C16H20N6O2/c17-14(23)11-12-4-9-21(10-5-12)16(24)20-13-3-1-6-18-15(13)22-8-2-7-19-22/h1-3,6-8,12H,4-5,9-11H2,(H2,17,23)(H,20,24). The summed E-state index contributed by atoms with van der Waals surface area (Å²) in [4.78, 5) is 29.5. The number of aromatic nitrogens is 3. The number of carbonyl (C=O) groups is 2. The topological polar surface area (TPSA) is 106 Å². The summed E-state index contributed by atoms with van der Waals surface area (Å²) in [5.41, 5.74) is 5.84. The first-order chi connectivity index (χ1) is 11.6. The molecule has 0 saturated carbocycles. The van der Waals surface area contributed by atoms with Gasteiger partial charge in [-0.2, -0.15) is 5.10 Å². The van der Waals surface area contributed by atoms with Crippen LogP contribution in [0, 0.1) is 5.92 Å². The van der Waals surface area contributed by atoms with Gasteiger partial charge >= 0.3 is 6.03 Å². The number of nitrogens with one attached hydrogen (secondary N) is 1. The Morgan fingerprint density at radius 2 is 2.04 bits per heavy atom. The van der Waals surface area contributed by atoms with Gasteiger partial charge in [0.15, 0.2) is 5.82 Å². The van der Waals surface area contributed by atoms with Crippen LogP contribution in [-0.4, -0.2) is 44.7 Å². The maximum atomic E-state index is 12.5. The summed E-state index contributed by atoms with van der Waals surface area (Å²) < 4.78 is 1.61. The van der Waals surface area contributed by atoms with E-state index in [-0.39, 0.29) is 17.9 Å². The number of hydrogen-bond acceptors (Lipinski definition) is 4. The van der Waals surface area contributed by atoms with Crippen molar-refractivity contribution in [1.82, 2.24) is 19.7 Å². The van der Waals surface area contributed by atoms with Crippen LogP contribution in [0.1, 0.15) is 19.3 Å². The van der Waals surface area contributed by atoms with Crippen LogP contribution in [0.5, 0.6) is 0 Å². The third-order valence-electron chi connectivity index (χ3n) is 4.14. The van der Waals surface area contributed by atoms with E-state index in [1.807, 2.05) is 0 Å². The number of nitrogens with two attached hydrogens (primary N) is 1. The molecule has 2 aromatic heterocycles. The lowest BCUT2D eigenvalue weighted by Gasteiger charge is -2.31. The van der Waals surface area contributed by atoms with Crippen LogP contribution in [0.3, 0.4) is 0 Å². The molecule has 1 aliphatic heterocycles. The number of pyridine rings is 1. The fourth-order valence-corrected chi connectivity index (χ4v) is 2.89. The van der Waals surface area contributed by atoms with Crippen molar-refractivity contribution in [2.45, 2.75) is 19.3 Å². The molecule has 0 unspecified atom stereocenters. The molecule has 3 N–H and O–H groups in total. The van der Waals surface area contributed by atoms with Gasteiger partial charge in [0.2, 0.25) is 5.91 Å². The zero-order valence-electron chi connectivity index (χ0n) is 13.3. The van der Waals surface area contributed by atoms with Gasteiger partial charge in [0.1, 0.15) is 0 Å². The first kappa shape index (κ1) is 16.0. The number of urea groups is 1. The van der Waals surface area contributed by atoms with E-state index >= 15 is 0 Å². The molecular formula is C16H20N6O2. The van der Waals surface area contributed by atoms with Gasteiger partial charge in [0.05, 0.1) is 5.69 Å². The van der Waals surface area contributed by atoms with Crippen molar-refractivity contribution in [2.24, 2.45) is 11.7 Å². The van der Waals surface area contributed by atoms with Crippen molar-refractivity contribution in [2.75, 3.05) is 18.4 Å². The van der Waals surface area contributed by atoms with Crippen molar-refractivity contribution in [3.63, 3.8) is 0 Å². The minimum Gasteiger partial charge on any atom is -0.370 e. The van der Waals surface area contributed by atoms with Gasteiger partial charge in [0, 0.05) is 38.1 Å². The largest absolute Gasteiger partial charge is 0.370 e. The number of nitrogens with zero attached hydrogens (tertiary/aromatic N) is 4. The molecule has 24 heavy (non-hydrogen) atoms. The number of amides is 3. The molecule has 3 heterocycles. The Balaban J connectivity index is 1.63. The van der Waals surface area contributed by atoms with Crippen LogP contribution >= 0.6 is 0 Å². The predicted molar refractivity (Wildman–Crippen MR) is 88.5 cm³/mol. The minimum absolute atomic E-state index is 0.172. The Kier molecular flexibility index (Phi) is 4.74. The van der Waals surface area contributed by atoms with Gasteiger partial charge < -0.3 is 16.0 Å². The Labute approximate surface area is 139 Å². The Hall–Kier alpha value is -2.90. The van der Waals surface area contributed by atoms with E-state index in [0.29, 0.717) is 31.0 Å². The first-order valence-electron chi connectivity index (χ1n) is 7.93. The third kappa shape index (κ3) is 3.70. The fraction of sp³-hybridized carbons (Fsp3) is 0.375. The molecule has 3 amide bonds. The van der Waals surface area contributed by atoms with E-state index < -0.39 is 0 Å². The molecule has 0 bridgehead atoms. The smallest absolute Gasteiger partial charge is 0.321 e. The summed E-state index contributed by atoms with van der Waals surface area (Å²) in [7, 11) is 0. The summed E-state index contributed by atoms with van der Waals surface area (Å²) in [5, 5.41) is 7.05. The van der Waals surface area contributed by atoms with Crippen LogP contribution in [-0.2, 0) is 4.79 Å². The third-order valence-corrected chi connectivity index (χ3v) is 4.14. The fourth-order valence-electron chi connectivity index (χ4n) is 2.89. The van der Waals surface area contributed by atoms with E-state index in [2.05, 4.69) is 15.4 Å². The molecular weight excluding hydrogens is 308 g/mol. The molecule has 0 spiro atoms. The predicted octanol–water partition coefficient (Wildman–Crippen LogP) is 1.39. The van der Waals surface area contributed by atoms with E-state index in [4.69, 9.17) is 5.73 Å². The van der Waals surface area contributed by atoms with Gasteiger partial charge in [-0.15, -0.1) is 0 Å². The van der Waals surface area contributed by atoms with Crippen LogP contribution in [0.25, 0.3) is 5.82 Å². The van der Waals surface area contributed by atoms with E-state index in [1.54, 1.807) is 46.4 Å². The van der Waals surface area contributed by atoms with Crippen molar-refractivity contribution in [3.8, 4) is 5.82 Å². The molecule has 1 saturated heterocycles. The van der Waals surface area contributed by atoms with Gasteiger partial charge in [-0.3, -0.25) is 4.79 Å². The SMILES string of the molecule is NC(=O)CC1CCN(C(=O)Nc2cccnc2-n2cccn2)CC1. The van der Waals surface area contributed by atoms with Crippen LogP contribution in [0.4, 0.5) is 10.5 Å². The summed E-state index contributed by atoms with van der Waals surface area (Å²) in [6.45, 7) is 1.22. The van der Waals surface area contributed by atoms with Crippen molar-refractivity contribution >= 4 is 17.6 Å². The Morgan fingerprint density at radius 1 is 1.25 bits per heavy atom. The van der Waals surface area contributed by atoms with Crippen molar-refractivity contribution in [1.29, 1.82) is 0 Å². The molecule has 8 nitrogen and oxygen atoms in total. The average molecular weight is 328 g/mol. The number of hydrogen-bond donors (Lipinski definition) is 2. The van der Waals surface area contributed by atoms with Crippen LogP contribution in [0.2, 0.25) is 0 Å². The lowest BCUT2D eigenvalue weighted by atomic mass is 9.93. The summed E-state index contributed by atoms with van der Waals surface area (Å²) in [6.07, 6.45) is 7.05. The van der Waals surface area contributed by atoms with Gasteiger partial charge in [-0.05, 0) is 37.0 Å². The van der Waals surface area contributed by atoms with Crippen LogP contribution in [0.15, 0.2) is 36.8 Å².